The molecule has 2 aromatic carbocycles. The molecule has 1 aliphatic rings. The van der Waals surface area contributed by atoms with Gasteiger partial charge in [-0.15, -0.1) is 0 Å². The summed E-state index contributed by atoms with van der Waals surface area (Å²) in [5.41, 5.74) is 2.09. The van der Waals surface area contributed by atoms with Crippen LogP contribution in [-0.2, 0) is 16.0 Å². The van der Waals surface area contributed by atoms with Crippen LogP contribution >= 0.6 is 0 Å². The highest BCUT2D eigenvalue weighted by atomic mass is 16.5. The van der Waals surface area contributed by atoms with E-state index in [1.807, 2.05) is 24.3 Å². The van der Waals surface area contributed by atoms with Gasteiger partial charge in [0.05, 0.1) is 19.6 Å². The maximum atomic E-state index is 13.4. The zero-order valence-corrected chi connectivity index (χ0v) is 17.7. The molecule has 0 spiro atoms. The molecule has 0 fully saturated rings. The number of hydrogen-bond acceptors (Lipinski definition) is 7. The lowest BCUT2D eigenvalue weighted by Gasteiger charge is -2.29. The molecule has 0 saturated heterocycles. The molecule has 1 atom stereocenters. The van der Waals surface area contributed by atoms with Crippen LogP contribution in [0.15, 0.2) is 24.3 Å². The summed E-state index contributed by atoms with van der Waals surface area (Å²) >= 11 is 0. The van der Waals surface area contributed by atoms with Gasteiger partial charge in [0, 0.05) is 25.0 Å². The maximum Gasteiger partial charge on any atom is 0.308 e. The lowest BCUT2D eigenvalue weighted by Crippen LogP contribution is -2.31. The molecule has 1 aliphatic heterocycles. The summed E-state index contributed by atoms with van der Waals surface area (Å²) in [5.74, 6) is -0.400. The minimum Gasteiger partial charge on any atom is -0.497 e. The predicted molar refractivity (Wildman–Crippen MR) is 109 cm³/mol. The molecular formula is C23H24O7. The number of esters is 2. The number of fused-ring (bicyclic) bond motifs is 1. The molecule has 2 aromatic rings. The van der Waals surface area contributed by atoms with E-state index in [2.05, 4.69) is 0 Å². The van der Waals surface area contributed by atoms with Crippen LogP contribution in [0.2, 0.25) is 0 Å². The van der Waals surface area contributed by atoms with Crippen molar-refractivity contribution in [2.75, 3.05) is 13.7 Å². The number of methoxy groups -OCH3 is 1. The molecule has 1 unspecified atom stereocenters. The first-order chi connectivity index (χ1) is 14.2. The molecule has 0 bridgehead atoms. The van der Waals surface area contributed by atoms with Crippen molar-refractivity contribution in [3.05, 3.63) is 46.5 Å². The average Bonchev–Trinajstić information content (AvgIpc) is 2.70. The topological polar surface area (TPSA) is 88.1 Å². The first kappa shape index (κ1) is 21.4. The van der Waals surface area contributed by atoms with E-state index < -0.39 is 17.9 Å². The van der Waals surface area contributed by atoms with E-state index in [0.29, 0.717) is 17.5 Å². The van der Waals surface area contributed by atoms with Crippen LogP contribution in [0.5, 0.6) is 23.0 Å². The van der Waals surface area contributed by atoms with Gasteiger partial charge in [-0.3, -0.25) is 14.4 Å². The number of ketones is 1. The third-order valence-electron chi connectivity index (χ3n) is 5.00. The molecule has 0 radical (unpaired) electrons. The Bertz CT molecular complexity index is 1010. The van der Waals surface area contributed by atoms with Crippen molar-refractivity contribution in [1.82, 2.24) is 0 Å². The molecule has 0 aliphatic carbocycles. The quantitative estimate of drug-likeness (QED) is 0.548. The Morgan fingerprint density at radius 1 is 1.00 bits per heavy atom. The smallest absolute Gasteiger partial charge is 0.308 e. The summed E-state index contributed by atoms with van der Waals surface area (Å²) in [6, 6.07) is 7.46. The van der Waals surface area contributed by atoms with Gasteiger partial charge in [0.15, 0.2) is 11.5 Å². The van der Waals surface area contributed by atoms with E-state index >= 15 is 0 Å². The highest BCUT2D eigenvalue weighted by Gasteiger charge is 2.36. The van der Waals surface area contributed by atoms with Gasteiger partial charge in [0.25, 0.3) is 0 Å². The van der Waals surface area contributed by atoms with Gasteiger partial charge >= 0.3 is 11.9 Å². The molecule has 30 heavy (non-hydrogen) atoms. The summed E-state index contributed by atoms with van der Waals surface area (Å²) in [6.07, 6.45) is 0.464. The largest absolute Gasteiger partial charge is 0.497 e. The normalized spacial score (nSPS) is 15.1. The van der Waals surface area contributed by atoms with Crippen LogP contribution < -0.4 is 18.9 Å². The standard InChI is InChI=1S/C23H24O7/c1-12-21(29-14(3)24)13(2)23(30-15(4)25)19-20(26)17(11-28-22(12)19)10-16-6-8-18(27-5)9-7-16/h6-9,17H,10-11H2,1-5H3. The molecule has 0 saturated carbocycles. The first-order valence-electron chi connectivity index (χ1n) is 9.56. The second-order valence-electron chi connectivity index (χ2n) is 7.22. The molecule has 0 amide bonds. The van der Waals surface area contributed by atoms with Crippen molar-refractivity contribution >= 4 is 17.7 Å². The van der Waals surface area contributed by atoms with E-state index in [1.165, 1.54) is 13.8 Å². The Labute approximate surface area is 174 Å². The Morgan fingerprint density at radius 2 is 1.60 bits per heavy atom. The number of carbonyl (C=O) groups excluding carboxylic acids is 3. The third-order valence-corrected chi connectivity index (χ3v) is 5.00. The lowest BCUT2D eigenvalue weighted by molar-refractivity contribution is -0.132. The molecular weight excluding hydrogens is 388 g/mol. The number of ether oxygens (including phenoxy) is 4. The number of hydrogen-bond donors (Lipinski definition) is 0. The number of rotatable bonds is 5. The number of benzene rings is 2. The molecule has 1 heterocycles. The van der Waals surface area contributed by atoms with Gasteiger partial charge < -0.3 is 18.9 Å². The number of Topliss-reactive ketones (excluding diaryl/α,β-unsaturated/α-hetero) is 1. The van der Waals surface area contributed by atoms with Gasteiger partial charge in [0.1, 0.15) is 22.8 Å². The monoisotopic (exact) mass is 412 g/mol. The highest BCUT2D eigenvalue weighted by molar-refractivity contribution is 6.06. The Kier molecular flexibility index (Phi) is 6.10. The van der Waals surface area contributed by atoms with Gasteiger partial charge in [-0.1, -0.05) is 12.1 Å². The number of carbonyl (C=O) groups is 3. The summed E-state index contributed by atoms with van der Waals surface area (Å²) < 4.78 is 21.8. The lowest BCUT2D eigenvalue weighted by atomic mass is 9.86. The fourth-order valence-corrected chi connectivity index (χ4v) is 3.60. The fraction of sp³-hybridized carbons (Fsp3) is 0.348. The van der Waals surface area contributed by atoms with Crippen LogP contribution in [-0.4, -0.2) is 31.4 Å². The predicted octanol–water partition coefficient (Wildman–Crippen LogP) is 3.60. The summed E-state index contributed by atoms with van der Waals surface area (Å²) in [4.78, 5) is 36.6. The van der Waals surface area contributed by atoms with E-state index in [4.69, 9.17) is 18.9 Å². The van der Waals surface area contributed by atoms with E-state index in [1.54, 1.807) is 21.0 Å². The first-order valence-corrected chi connectivity index (χ1v) is 9.56. The van der Waals surface area contributed by atoms with Crippen molar-refractivity contribution in [2.24, 2.45) is 5.92 Å². The van der Waals surface area contributed by atoms with Gasteiger partial charge in [-0.2, -0.15) is 0 Å². The minimum absolute atomic E-state index is 0.0729. The summed E-state index contributed by atoms with van der Waals surface area (Å²) in [7, 11) is 1.59. The Balaban J connectivity index is 2.03. The molecule has 0 N–H and O–H groups in total. The summed E-state index contributed by atoms with van der Waals surface area (Å²) in [5, 5.41) is 0. The van der Waals surface area contributed by atoms with Gasteiger partial charge in [-0.25, -0.2) is 0 Å². The van der Waals surface area contributed by atoms with E-state index in [0.717, 1.165) is 11.3 Å². The fourth-order valence-electron chi connectivity index (χ4n) is 3.60. The van der Waals surface area contributed by atoms with Crippen molar-refractivity contribution in [1.29, 1.82) is 0 Å². The van der Waals surface area contributed by atoms with Crippen LogP contribution in [0, 0.1) is 19.8 Å². The Morgan fingerprint density at radius 3 is 2.17 bits per heavy atom. The van der Waals surface area contributed by atoms with E-state index in [-0.39, 0.29) is 35.2 Å². The SMILES string of the molecule is COc1ccc(CC2COc3c(C)c(OC(C)=O)c(C)c(OC(C)=O)c3C2=O)cc1. The van der Waals surface area contributed by atoms with Gasteiger partial charge in [-0.05, 0) is 38.0 Å². The zero-order valence-electron chi connectivity index (χ0n) is 17.7. The van der Waals surface area contributed by atoms with Crippen LogP contribution in [0.4, 0.5) is 0 Å². The maximum absolute atomic E-state index is 13.4. The van der Waals surface area contributed by atoms with Crippen molar-refractivity contribution < 1.29 is 33.3 Å². The average molecular weight is 412 g/mol. The van der Waals surface area contributed by atoms with Crippen molar-refractivity contribution in [3.63, 3.8) is 0 Å². The van der Waals surface area contributed by atoms with Crippen LogP contribution in [0.3, 0.4) is 0 Å². The summed E-state index contributed by atoms with van der Waals surface area (Å²) in [6.45, 7) is 6.05. The van der Waals surface area contributed by atoms with Gasteiger partial charge in [0.2, 0.25) is 0 Å². The molecule has 158 valence electrons. The van der Waals surface area contributed by atoms with Crippen molar-refractivity contribution in [2.45, 2.75) is 34.1 Å². The second-order valence-corrected chi connectivity index (χ2v) is 7.22. The highest BCUT2D eigenvalue weighted by Crippen LogP contribution is 2.46. The molecule has 7 nitrogen and oxygen atoms in total. The van der Waals surface area contributed by atoms with Crippen molar-refractivity contribution in [3.8, 4) is 23.0 Å². The van der Waals surface area contributed by atoms with Crippen LogP contribution in [0.1, 0.15) is 40.9 Å². The zero-order chi connectivity index (χ0) is 22.0. The molecule has 7 heteroatoms. The Hall–Kier alpha value is -3.35. The molecule has 0 aromatic heterocycles. The minimum atomic E-state index is -0.581. The van der Waals surface area contributed by atoms with E-state index in [9.17, 15) is 14.4 Å². The molecule has 3 rings (SSSR count). The van der Waals surface area contributed by atoms with Crippen LogP contribution in [0.25, 0.3) is 0 Å². The third kappa shape index (κ3) is 4.15. The second kappa shape index (κ2) is 8.57.